The van der Waals surface area contributed by atoms with Crippen molar-refractivity contribution < 1.29 is 22.6 Å². The van der Waals surface area contributed by atoms with Gasteiger partial charge < -0.3 is 14.2 Å². The number of hydrogen-bond donors (Lipinski definition) is 1. The molecule has 0 saturated carbocycles. The van der Waals surface area contributed by atoms with Gasteiger partial charge in [0.05, 0.1) is 18.1 Å². The van der Waals surface area contributed by atoms with E-state index in [2.05, 4.69) is 9.71 Å². The summed E-state index contributed by atoms with van der Waals surface area (Å²) in [5.74, 6) is 1.29. The molecule has 0 fully saturated rings. The summed E-state index contributed by atoms with van der Waals surface area (Å²) in [7, 11) is -1.99. The minimum Gasteiger partial charge on any atom is -0.491 e. The van der Waals surface area contributed by atoms with E-state index in [1.54, 1.807) is 25.4 Å². The molecule has 1 N–H and O–H groups in total. The predicted molar refractivity (Wildman–Crippen MR) is 111 cm³/mol. The molecule has 0 aliphatic carbocycles. The van der Waals surface area contributed by atoms with Crippen LogP contribution in [0.1, 0.15) is 6.42 Å². The highest BCUT2D eigenvalue weighted by atomic mass is 32.2. The fraction of sp³-hybridized carbons (Fsp3) is 0.286. The van der Waals surface area contributed by atoms with Crippen molar-refractivity contribution in [2.24, 2.45) is 0 Å². The van der Waals surface area contributed by atoms with E-state index in [0.29, 0.717) is 37.7 Å². The van der Waals surface area contributed by atoms with Crippen LogP contribution in [0.2, 0.25) is 0 Å². The maximum Gasteiger partial charge on any atom is 0.240 e. The molecule has 7 nitrogen and oxygen atoms in total. The molecule has 0 atom stereocenters. The van der Waals surface area contributed by atoms with Crippen LogP contribution >= 0.6 is 0 Å². The van der Waals surface area contributed by atoms with E-state index in [9.17, 15) is 8.42 Å². The SMILES string of the molecule is COCCOc1ccc(S(=O)(=O)NCCCOc2cccc3cccnc23)cc1. The Kier molecular flexibility index (Phi) is 7.40. The number of benzene rings is 2. The van der Waals surface area contributed by atoms with Gasteiger partial charge in [0, 0.05) is 25.2 Å². The molecule has 1 aromatic heterocycles. The standard InChI is InChI=1S/C21H24N2O5S/c1-26-15-16-27-18-8-10-19(11-9-18)29(24,25)23-13-4-14-28-20-7-2-5-17-6-3-12-22-21(17)20/h2-3,5-12,23H,4,13-16H2,1H3. The van der Waals surface area contributed by atoms with Gasteiger partial charge in [0.1, 0.15) is 23.6 Å². The first-order valence-electron chi connectivity index (χ1n) is 9.28. The lowest BCUT2D eigenvalue weighted by Gasteiger charge is -2.10. The minimum absolute atomic E-state index is 0.191. The zero-order valence-electron chi connectivity index (χ0n) is 16.2. The smallest absolute Gasteiger partial charge is 0.240 e. The first kappa shape index (κ1) is 21.0. The van der Waals surface area contributed by atoms with E-state index < -0.39 is 10.0 Å². The third kappa shape index (κ3) is 5.90. The van der Waals surface area contributed by atoms with E-state index in [1.807, 2.05) is 30.3 Å². The number of nitrogens with zero attached hydrogens (tertiary/aromatic N) is 1. The lowest BCUT2D eigenvalue weighted by Crippen LogP contribution is -2.25. The van der Waals surface area contributed by atoms with Crippen molar-refractivity contribution in [2.75, 3.05) is 33.5 Å². The van der Waals surface area contributed by atoms with Crippen LogP contribution in [0.15, 0.2) is 65.7 Å². The van der Waals surface area contributed by atoms with E-state index >= 15 is 0 Å². The van der Waals surface area contributed by atoms with Crippen molar-refractivity contribution in [3.63, 3.8) is 0 Å². The zero-order chi connectivity index (χ0) is 20.5. The number of para-hydroxylation sites is 1. The molecular formula is C21H24N2O5S. The number of hydrogen-bond acceptors (Lipinski definition) is 6. The quantitative estimate of drug-likeness (QED) is 0.484. The van der Waals surface area contributed by atoms with E-state index in [0.717, 1.165) is 10.9 Å². The number of pyridine rings is 1. The van der Waals surface area contributed by atoms with Gasteiger partial charge in [-0.2, -0.15) is 0 Å². The van der Waals surface area contributed by atoms with Gasteiger partial charge in [-0.15, -0.1) is 0 Å². The van der Waals surface area contributed by atoms with Crippen molar-refractivity contribution in [1.82, 2.24) is 9.71 Å². The summed E-state index contributed by atoms with van der Waals surface area (Å²) in [4.78, 5) is 4.53. The molecule has 0 unspecified atom stereocenters. The molecule has 3 rings (SSSR count). The minimum atomic E-state index is -3.58. The van der Waals surface area contributed by atoms with Crippen LogP contribution < -0.4 is 14.2 Å². The van der Waals surface area contributed by atoms with Crippen molar-refractivity contribution in [3.8, 4) is 11.5 Å². The van der Waals surface area contributed by atoms with Crippen LogP contribution in [-0.2, 0) is 14.8 Å². The third-order valence-electron chi connectivity index (χ3n) is 4.16. The molecule has 0 saturated heterocycles. The molecule has 0 bridgehead atoms. The molecule has 154 valence electrons. The first-order chi connectivity index (χ1) is 14.1. The summed E-state index contributed by atoms with van der Waals surface area (Å²) in [6, 6.07) is 15.9. The Morgan fingerprint density at radius 2 is 1.72 bits per heavy atom. The van der Waals surface area contributed by atoms with Crippen molar-refractivity contribution in [3.05, 3.63) is 60.8 Å². The second-order valence-corrected chi connectivity index (χ2v) is 8.01. The predicted octanol–water partition coefficient (Wildman–Crippen LogP) is 3.01. The van der Waals surface area contributed by atoms with E-state index in [4.69, 9.17) is 14.2 Å². The highest BCUT2D eigenvalue weighted by molar-refractivity contribution is 7.89. The molecule has 3 aromatic rings. The Balaban J connectivity index is 1.47. The summed E-state index contributed by atoms with van der Waals surface area (Å²) >= 11 is 0. The van der Waals surface area contributed by atoms with E-state index in [-0.39, 0.29) is 11.4 Å². The van der Waals surface area contributed by atoms with Crippen LogP contribution in [0, 0.1) is 0 Å². The Morgan fingerprint density at radius 1 is 0.931 bits per heavy atom. The summed E-state index contributed by atoms with van der Waals surface area (Å²) < 4.78 is 43.5. The Bertz CT molecular complexity index is 1020. The molecule has 2 aromatic carbocycles. The summed E-state index contributed by atoms with van der Waals surface area (Å²) in [5, 5.41) is 1.00. The van der Waals surface area contributed by atoms with Crippen molar-refractivity contribution in [1.29, 1.82) is 0 Å². The van der Waals surface area contributed by atoms with Gasteiger partial charge in [0.15, 0.2) is 0 Å². The maximum atomic E-state index is 12.4. The van der Waals surface area contributed by atoms with Crippen LogP contribution in [0.3, 0.4) is 0 Å². The Labute approximate surface area is 170 Å². The number of rotatable bonds is 11. The fourth-order valence-corrected chi connectivity index (χ4v) is 3.77. The Hall–Kier alpha value is -2.68. The normalized spacial score (nSPS) is 11.5. The summed E-state index contributed by atoms with van der Waals surface area (Å²) in [6.07, 6.45) is 2.25. The van der Waals surface area contributed by atoms with Gasteiger partial charge in [-0.25, -0.2) is 13.1 Å². The second-order valence-electron chi connectivity index (χ2n) is 6.24. The van der Waals surface area contributed by atoms with Crippen LogP contribution in [0.5, 0.6) is 11.5 Å². The molecule has 0 aliphatic heterocycles. The van der Waals surface area contributed by atoms with Gasteiger partial charge in [0.25, 0.3) is 0 Å². The van der Waals surface area contributed by atoms with Gasteiger partial charge in [-0.1, -0.05) is 18.2 Å². The van der Waals surface area contributed by atoms with Crippen molar-refractivity contribution >= 4 is 20.9 Å². The molecule has 0 amide bonds. The number of aromatic nitrogens is 1. The molecule has 0 spiro atoms. The average molecular weight is 416 g/mol. The molecule has 8 heteroatoms. The number of fused-ring (bicyclic) bond motifs is 1. The molecular weight excluding hydrogens is 392 g/mol. The highest BCUT2D eigenvalue weighted by Crippen LogP contribution is 2.23. The highest BCUT2D eigenvalue weighted by Gasteiger charge is 2.13. The summed E-state index contributed by atoms with van der Waals surface area (Å²) in [5.41, 5.74) is 0.795. The average Bonchev–Trinajstić information content (AvgIpc) is 2.74. The monoisotopic (exact) mass is 416 g/mol. The van der Waals surface area contributed by atoms with Crippen molar-refractivity contribution in [2.45, 2.75) is 11.3 Å². The third-order valence-corrected chi connectivity index (χ3v) is 5.63. The Morgan fingerprint density at radius 3 is 2.52 bits per heavy atom. The number of sulfonamides is 1. The number of nitrogens with one attached hydrogen (secondary N) is 1. The topological polar surface area (TPSA) is 86.8 Å². The number of methoxy groups -OCH3 is 1. The lowest BCUT2D eigenvalue weighted by molar-refractivity contribution is 0.146. The van der Waals surface area contributed by atoms with Gasteiger partial charge >= 0.3 is 0 Å². The van der Waals surface area contributed by atoms with Gasteiger partial charge in [-0.3, -0.25) is 4.98 Å². The zero-order valence-corrected chi connectivity index (χ0v) is 17.0. The molecule has 0 radical (unpaired) electrons. The molecule has 29 heavy (non-hydrogen) atoms. The molecule has 1 heterocycles. The van der Waals surface area contributed by atoms with Gasteiger partial charge in [-0.05, 0) is 42.8 Å². The first-order valence-corrected chi connectivity index (χ1v) is 10.8. The summed E-state index contributed by atoms with van der Waals surface area (Å²) in [6.45, 7) is 1.53. The molecule has 0 aliphatic rings. The number of ether oxygens (including phenoxy) is 3. The lowest BCUT2D eigenvalue weighted by atomic mass is 10.2. The maximum absolute atomic E-state index is 12.4. The second kappa shape index (κ2) is 10.2. The van der Waals surface area contributed by atoms with Gasteiger partial charge in [0.2, 0.25) is 10.0 Å². The van der Waals surface area contributed by atoms with Crippen LogP contribution in [0.4, 0.5) is 0 Å². The van der Waals surface area contributed by atoms with E-state index in [1.165, 1.54) is 12.1 Å². The van der Waals surface area contributed by atoms with Crippen LogP contribution in [0.25, 0.3) is 10.9 Å². The fourth-order valence-electron chi connectivity index (χ4n) is 2.69. The van der Waals surface area contributed by atoms with Crippen LogP contribution in [-0.4, -0.2) is 46.9 Å². The largest absolute Gasteiger partial charge is 0.491 e.